The predicted octanol–water partition coefficient (Wildman–Crippen LogP) is 2.85. The third-order valence-electron chi connectivity index (χ3n) is 3.86. The maximum Gasteiger partial charge on any atom is 0.223 e. The Hall–Kier alpha value is -1.51. The normalized spacial score (nSPS) is 15.5. The van der Waals surface area contributed by atoms with E-state index in [4.69, 9.17) is 4.74 Å². The van der Waals surface area contributed by atoms with E-state index in [1.54, 1.807) is 7.11 Å². The summed E-state index contributed by atoms with van der Waals surface area (Å²) in [5.41, 5.74) is 2.38. The molecule has 0 heterocycles. The monoisotopic (exact) mass is 261 g/mol. The molecule has 3 heteroatoms. The Balaban J connectivity index is 1.84. The molecule has 0 spiro atoms. The summed E-state index contributed by atoms with van der Waals surface area (Å²) < 4.78 is 5.34. The fraction of sp³-hybridized carbons (Fsp3) is 0.562. The number of aryl methyl sites for hydroxylation is 1. The topological polar surface area (TPSA) is 38.3 Å². The lowest BCUT2D eigenvalue weighted by atomic mass is 10.1. The van der Waals surface area contributed by atoms with Crippen LogP contribution in [0.3, 0.4) is 0 Å². The summed E-state index contributed by atoms with van der Waals surface area (Å²) in [6.07, 6.45) is 5.33. The Bertz CT molecular complexity index is 436. The van der Waals surface area contributed by atoms with Crippen LogP contribution >= 0.6 is 0 Å². The summed E-state index contributed by atoms with van der Waals surface area (Å²) in [6.45, 7) is 2.76. The number of rotatable bonds is 5. The molecule has 0 bridgehead atoms. The molecule has 1 aromatic rings. The average Bonchev–Trinajstić information content (AvgIpc) is 2.93. The van der Waals surface area contributed by atoms with E-state index < -0.39 is 0 Å². The molecule has 1 N–H and O–H groups in total. The molecule has 104 valence electrons. The first kappa shape index (κ1) is 13.9. The van der Waals surface area contributed by atoms with Gasteiger partial charge in [-0.3, -0.25) is 4.79 Å². The quantitative estimate of drug-likeness (QED) is 0.885. The summed E-state index contributed by atoms with van der Waals surface area (Å²) in [5, 5.41) is 3.05. The van der Waals surface area contributed by atoms with Gasteiger partial charge in [-0.1, -0.05) is 30.5 Å². The highest BCUT2D eigenvalue weighted by Crippen LogP contribution is 2.24. The number of methoxy groups -OCH3 is 1. The number of amides is 1. The molecule has 1 amide bonds. The molecule has 1 fully saturated rings. The molecule has 1 saturated carbocycles. The molecule has 0 aromatic heterocycles. The van der Waals surface area contributed by atoms with Crippen molar-refractivity contribution >= 4 is 5.91 Å². The zero-order chi connectivity index (χ0) is 13.7. The van der Waals surface area contributed by atoms with Gasteiger partial charge in [0.25, 0.3) is 0 Å². The third kappa shape index (κ3) is 3.72. The van der Waals surface area contributed by atoms with Crippen LogP contribution in [0.1, 0.15) is 36.8 Å². The van der Waals surface area contributed by atoms with Gasteiger partial charge in [-0.25, -0.2) is 0 Å². The van der Waals surface area contributed by atoms with E-state index in [2.05, 4.69) is 18.3 Å². The highest BCUT2D eigenvalue weighted by Gasteiger charge is 2.21. The molecule has 1 aromatic carbocycles. The Labute approximate surface area is 115 Å². The van der Waals surface area contributed by atoms with Gasteiger partial charge in [0.15, 0.2) is 0 Å². The van der Waals surface area contributed by atoms with Crippen molar-refractivity contribution in [3.05, 3.63) is 29.3 Å². The van der Waals surface area contributed by atoms with Gasteiger partial charge in [-0.05, 0) is 37.8 Å². The van der Waals surface area contributed by atoms with Gasteiger partial charge in [0.1, 0.15) is 5.75 Å². The molecule has 1 aliphatic carbocycles. The van der Waals surface area contributed by atoms with Gasteiger partial charge in [-0.2, -0.15) is 0 Å². The molecule has 0 atom stereocenters. The van der Waals surface area contributed by atoms with Gasteiger partial charge in [0, 0.05) is 12.5 Å². The summed E-state index contributed by atoms with van der Waals surface area (Å²) in [7, 11) is 1.69. The molecular weight excluding hydrogens is 238 g/mol. The smallest absolute Gasteiger partial charge is 0.223 e. The third-order valence-corrected chi connectivity index (χ3v) is 3.86. The Kier molecular flexibility index (Phi) is 4.83. The number of carbonyl (C=O) groups excluding carboxylic acids is 1. The minimum absolute atomic E-state index is 0.226. The summed E-state index contributed by atoms with van der Waals surface area (Å²) in [6, 6.07) is 6.16. The van der Waals surface area contributed by atoms with E-state index in [0.29, 0.717) is 6.54 Å². The second kappa shape index (κ2) is 6.60. The van der Waals surface area contributed by atoms with Crippen LogP contribution in [0, 0.1) is 12.8 Å². The van der Waals surface area contributed by atoms with Crippen molar-refractivity contribution in [2.45, 2.75) is 39.0 Å². The van der Waals surface area contributed by atoms with E-state index in [0.717, 1.165) is 30.6 Å². The fourth-order valence-corrected chi connectivity index (χ4v) is 2.76. The van der Waals surface area contributed by atoms with Crippen LogP contribution in [0.5, 0.6) is 5.75 Å². The van der Waals surface area contributed by atoms with Crippen molar-refractivity contribution < 1.29 is 9.53 Å². The lowest BCUT2D eigenvalue weighted by Crippen LogP contribution is -2.31. The van der Waals surface area contributed by atoms with Gasteiger partial charge in [0.2, 0.25) is 5.91 Å². The lowest BCUT2D eigenvalue weighted by Gasteiger charge is -2.12. The Morgan fingerprint density at radius 2 is 2.11 bits per heavy atom. The number of ether oxygens (including phenoxy) is 1. The summed E-state index contributed by atoms with van der Waals surface area (Å²) in [4.78, 5) is 11.9. The molecule has 19 heavy (non-hydrogen) atoms. The molecule has 0 radical (unpaired) electrons. The van der Waals surface area contributed by atoms with Gasteiger partial charge >= 0.3 is 0 Å². The number of carbonyl (C=O) groups is 1. The number of benzene rings is 1. The molecule has 0 saturated heterocycles. The van der Waals surface area contributed by atoms with Crippen molar-refractivity contribution in [3.63, 3.8) is 0 Å². The fourth-order valence-electron chi connectivity index (χ4n) is 2.76. The molecular formula is C16H23NO2. The predicted molar refractivity (Wildman–Crippen MR) is 76.4 cm³/mol. The first-order valence-corrected chi connectivity index (χ1v) is 7.12. The van der Waals surface area contributed by atoms with Crippen LogP contribution < -0.4 is 10.1 Å². The van der Waals surface area contributed by atoms with E-state index >= 15 is 0 Å². The van der Waals surface area contributed by atoms with Crippen LogP contribution in [0.4, 0.5) is 0 Å². The first-order chi connectivity index (χ1) is 9.20. The maximum absolute atomic E-state index is 11.9. The zero-order valence-corrected chi connectivity index (χ0v) is 11.9. The van der Waals surface area contributed by atoms with Crippen molar-refractivity contribution in [2.75, 3.05) is 13.7 Å². The highest BCUT2D eigenvalue weighted by atomic mass is 16.5. The van der Waals surface area contributed by atoms with Crippen molar-refractivity contribution in [2.24, 2.45) is 5.92 Å². The van der Waals surface area contributed by atoms with Crippen LogP contribution in [-0.2, 0) is 11.2 Å². The summed E-state index contributed by atoms with van der Waals surface area (Å²) >= 11 is 0. The Morgan fingerprint density at radius 3 is 2.79 bits per heavy atom. The van der Waals surface area contributed by atoms with E-state index in [1.807, 2.05) is 12.1 Å². The summed E-state index contributed by atoms with van der Waals surface area (Å²) in [5.74, 6) is 1.38. The van der Waals surface area contributed by atoms with Crippen molar-refractivity contribution in [3.8, 4) is 5.75 Å². The maximum atomic E-state index is 11.9. The minimum Gasteiger partial charge on any atom is -0.496 e. The number of nitrogens with one attached hydrogen (secondary N) is 1. The van der Waals surface area contributed by atoms with Crippen molar-refractivity contribution in [1.82, 2.24) is 5.32 Å². The van der Waals surface area contributed by atoms with Crippen LogP contribution in [0.25, 0.3) is 0 Å². The van der Waals surface area contributed by atoms with Crippen molar-refractivity contribution in [1.29, 1.82) is 0 Å². The molecule has 3 nitrogen and oxygen atoms in total. The van der Waals surface area contributed by atoms with Crippen LogP contribution in [0.2, 0.25) is 0 Å². The average molecular weight is 261 g/mol. The van der Waals surface area contributed by atoms with E-state index in [-0.39, 0.29) is 11.8 Å². The van der Waals surface area contributed by atoms with Gasteiger partial charge < -0.3 is 10.1 Å². The number of hydrogen-bond acceptors (Lipinski definition) is 2. The zero-order valence-electron chi connectivity index (χ0n) is 11.9. The first-order valence-electron chi connectivity index (χ1n) is 7.12. The molecule has 1 aliphatic rings. The molecule has 0 aliphatic heterocycles. The lowest BCUT2D eigenvalue weighted by molar-refractivity contribution is -0.124. The van der Waals surface area contributed by atoms with E-state index in [9.17, 15) is 4.79 Å². The Morgan fingerprint density at radius 1 is 1.37 bits per heavy atom. The number of hydrogen-bond donors (Lipinski definition) is 1. The van der Waals surface area contributed by atoms with Crippen LogP contribution in [0.15, 0.2) is 18.2 Å². The van der Waals surface area contributed by atoms with Gasteiger partial charge in [0.05, 0.1) is 7.11 Å². The minimum atomic E-state index is 0.226. The van der Waals surface area contributed by atoms with Crippen LogP contribution in [-0.4, -0.2) is 19.6 Å². The van der Waals surface area contributed by atoms with Gasteiger partial charge in [-0.15, -0.1) is 0 Å². The molecule has 0 unspecified atom stereocenters. The second-order valence-electron chi connectivity index (χ2n) is 5.34. The highest BCUT2D eigenvalue weighted by molar-refractivity contribution is 5.78. The largest absolute Gasteiger partial charge is 0.496 e. The standard InChI is InChI=1S/C16H23NO2/c1-12-7-8-15(19-2)14(11-12)9-10-17-16(18)13-5-3-4-6-13/h7-8,11,13H,3-6,9-10H2,1-2H3,(H,17,18). The second-order valence-corrected chi connectivity index (χ2v) is 5.34. The molecule has 2 rings (SSSR count). The SMILES string of the molecule is COc1ccc(C)cc1CCNC(=O)C1CCCC1. The van der Waals surface area contributed by atoms with E-state index in [1.165, 1.54) is 18.4 Å².